The Hall–Kier alpha value is -1.92. The summed E-state index contributed by atoms with van der Waals surface area (Å²) in [5.41, 5.74) is 3.73. The molecule has 0 saturated heterocycles. The van der Waals surface area contributed by atoms with Crippen LogP contribution in [0.1, 0.15) is 102 Å². The highest BCUT2D eigenvalue weighted by atomic mass is 31.0. The molecule has 0 radical (unpaired) electrons. The van der Waals surface area contributed by atoms with Crippen molar-refractivity contribution < 1.29 is 4.79 Å². The minimum atomic E-state index is 0.174. The molecule has 3 heteroatoms. The largest absolute Gasteiger partial charge is 0.353 e. The lowest BCUT2D eigenvalue weighted by Gasteiger charge is -2.17. The second-order valence-electron chi connectivity index (χ2n) is 10.1. The molecule has 0 aliphatic carbocycles. The number of carbonyl (C=O) groups is 1. The first-order chi connectivity index (χ1) is 17.7. The SMILES string of the molecule is CCCCCCCC/C=C\CCCCCCCC(=O)N[C@@H](CP)Cc1ccc(-c2ccccc2)cc1. The number of carbonyl (C=O) groups excluding carboxylic acids is 1. The standard InChI is InChI=1S/C33H50NOP/c1-2-3-4-5-6-7-8-9-10-11-12-13-14-15-19-22-33(35)34-32(28-36)27-29-23-25-31(26-24-29)30-20-17-16-18-21-30/h9-10,16-18,20-21,23-26,32H,2-8,11-15,19,22,27-28,36H2,1H3,(H,34,35)/b10-9-/t32-/m1/s1. The highest BCUT2D eigenvalue weighted by Crippen LogP contribution is 2.20. The van der Waals surface area contributed by atoms with Gasteiger partial charge in [0.25, 0.3) is 0 Å². The molecule has 2 atom stereocenters. The van der Waals surface area contributed by atoms with Gasteiger partial charge in [0, 0.05) is 12.5 Å². The highest BCUT2D eigenvalue weighted by molar-refractivity contribution is 7.16. The summed E-state index contributed by atoms with van der Waals surface area (Å²) in [6.07, 6.45) is 23.8. The Morgan fingerprint density at radius 1 is 0.750 bits per heavy atom. The Balaban J connectivity index is 1.50. The van der Waals surface area contributed by atoms with Gasteiger partial charge >= 0.3 is 0 Å². The predicted octanol–water partition coefficient (Wildman–Crippen LogP) is 9.29. The summed E-state index contributed by atoms with van der Waals surface area (Å²) in [4.78, 5) is 12.4. The lowest BCUT2D eigenvalue weighted by atomic mass is 10.0. The molecule has 2 nitrogen and oxygen atoms in total. The van der Waals surface area contributed by atoms with E-state index in [2.05, 4.69) is 82.2 Å². The van der Waals surface area contributed by atoms with E-state index in [0.29, 0.717) is 6.42 Å². The fourth-order valence-electron chi connectivity index (χ4n) is 4.60. The van der Waals surface area contributed by atoms with Gasteiger partial charge < -0.3 is 5.32 Å². The van der Waals surface area contributed by atoms with Crippen molar-refractivity contribution in [3.63, 3.8) is 0 Å². The van der Waals surface area contributed by atoms with Gasteiger partial charge in [0.05, 0.1) is 0 Å². The molecule has 0 aliphatic heterocycles. The van der Waals surface area contributed by atoms with Crippen molar-refractivity contribution in [1.82, 2.24) is 5.32 Å². The Labute approximate surface area is 224 Å². The normalized spacial score (nSPS) is 12.2. The number of amides is 1. The van der Waals surface area contributed by atoms with Gasteiger partial charge in [-0.2, -0.15) is 0 Å². The maximum absolute atomic E-state index is 12.4. The van der Waals surface area contributed by atoms with Gasteiger partial charge in [-0.25, -0.2) is 0 Å². The van der Waals surface area contributed by atoms with E-state index in [1.165, 1.54) is 87.3 Å². The molecule has 0 heterocycles. The third-order valence-electron chi connectivity index (χ3n) is 6.86. The molecule has 2 aromatic carbocycles. The van der Waals surface area contributed by atoms with Crippen LogP contribution < -0.4 is 5.32 Å². The van der Waals surface area contributed by atoms with Crippen LogP contribution >= 0.6 is 9.24 Å². The zero-order chi connectivity index (χ0) is 25.7. The quantitative estimate of drug-likeness (QED) is 0.108. The topological polar surface area (TPSA) is 29.1 Å². The molecule has 0 fully saturated rings. The summed E-state index contributed by atoms with van der Waals surface area (Å²) in [5, 5.41) is 3.24. The third-order valence-corrected chi connectivity index (χ3v) is 7.43. The molecule has 2 rings (SSSR count). The lowest BCUT2D eigenvalue weighted by Crippen LogP contribution is -2.37. The first-order valence-electron chi connectivity index (χ1n) is 14.5. The van der Waals surface area contributed by atoms with Crippen LogP contribution in [0, 0.1) is 0 Å². The molecule has 0 saturated carbocycles. The first kappa shape index (κ1) is 30.3. The van der Waals surface area contributed by atoms with E-state index in [-0.39, 0.29) is 11.9 Å². The average Bonchev–Trinajstić information content (AvgIpc) is 2.91. The Kier molecular flexibility index (Phi) is 17.0. The smallest absolute Gasteiger partial charge is 0.220 e. The van der Waals surface area contributed by atoms with Gasteiger partial charge in [-0.3, -0.25) is 4.79 Å². The zero-order valence-corrected chi connectivity index (χ0v) is 23.9. The fraction of sp³-hybridized carbons (Fsp3) is 0.545. The molecule has 2 aromatic rings. The molecule has 0 bridgehead atoms. The van der Waals surface area contributed by atoms with Crippen molar-refractivity contribution in [3.8, 4) is 11.1 Å². The van der Waals surface area contributed by atoms with Crippen molar-refractivity contribution in [2.45, 2.75) is 109 Å². The van der Waals surface area contributed by atoms with Gasteiger partial charge in [-0.1, -0.05) is 125 Å². The average molecular weight is 508 g/mol. The maximum Gasteiger partial charge on any atom is 0.220 e. The summed E-state index contributed by atoms with van der Waals surface area (Å²) < 4.78 is 0. The monoisotopic (exact) mass is 507 g/mol. The number of allylic oxidation sites excluding steroid dienone is 2. The Bertz CT molecular complexity index is 831. The lowest BCUT2D eigenvalue weighted by molar-refractivity contribution is -0.121. The highest BCUT2D eigenvalue weighted by Gasteiger charge is 2.11. The van der Waals surface area contributed by atoms with E-state index in [1.54, 1.807) is 0 Å². The van der Waals surface area contributed by atoms with E-state index >= 15 is 0 Å². The number of unbranched alkanes of at least 4 members (excludes halogenated alkanes) is 11. The number of hydrogen-bond acceptors (Lipinski definition) is 1. The van der Waals surface area contributed by atoms with Crippen molar-refractivity contribution >= 4 is 15.1 Å². The molecule has 198 valence electrons. The van der Waals surface area contributed by atoms with Crippen LogP contribution in [0.3, 0.4) is 0 Å². The van der Waals surface area contributed by atoms with E-state index in [4.69, 9.17) is 0 Å². The zero-order valence-electron chi connectivity index (χ0n) is 22.7. The maximum atomic E-state index is 12.4. The third kappa shape index (κ3) is 14.0. The molecule has 0 aliphatic rings. The van der Waals surface area contributed by atoms with E-state index in [0.717, 1.165) is 25.4 Å². The summed E-state index contributed by atoms with van der Waals surface area (Å²) in [6.45, 7) is 2.27. The Morgan fingerprint density at radius 3 is 1.92 bits per heavy atom. The van der Waals surface area contributed by atoms with E-state index in [9.17, 15) is 4.79 Å². The van der Waals surface area contributed by atoms with Crippen LogP contribution in [0.2, 0.25) is 0 Å². The Morgan fingerprint density at radius 2 is 1.31 bits per heavy atom. The predicted molar refractivity (Wildman–Crippen MR) is 162 cm³/mol. The molecular weight excluding hydrogens is 457 g/mol. The molecule has 36 heavy (non-hydrogen) atoms. The summed E-state index contributed by atoms with van der Waals surface area (Å²) >= 11 is 0. The van der Waals surface area contributed by atoms with Crippen LogP contribution in [0.4, 0.5) is 0 Å². The van der Waals surface area contributed by atoms with Crippen molar-refractivity contribution in [1.29, 1.82) is 0 Å². The number of hydrogen-bond donors (Lipinski definition) is 1. The fourth-order valence-corrected chi connectivity index (χ4v) is 4.88. The first-order valence-corrected chi connectivity index (χ1v) is 15.3. The van der Waals surface area contributed by atoms with Gasteiger partial charge in [0.2, 0.25) is 5.91 Å². The molecule has 1 N–H and O–H groups in total. The van der Waals surface area contributed by atoms with Gasteiger partial charge in [-0.15, -0.1) is 9.24 Å². The summed E-state index contributed by atoms with van der Waals surface area (Å²) in [6, 6.07) is 19.4. The van der Waals surface area contributed by atoms with E-state index < -0.39 is 0 Å². The minimum absolute atomic E-state index is 0.174. The number of nitrogens with one attached hydrogen (secondary N) is 1. The summed E-state index contributed by atoms with van der Waals surface area (Å²) in [7, 11) is 2.79. The van der Waals surface area contributed by atoms with Crippen LogP contribution in [-0.2, 0) is 11.2 Å². The van der Waals surface area contributed by atoms with Crippen molar-refractivity contribution in [3.05, 3.63) is 72.3 Å². The van der Waals surface area contributed by atoms with Gasteiger partial charge in [0.15, 0.2) is 0 Å². The van der Waals surface area contributed by atoms with Crippen molar-refractivity contribution in [2.24, 2.45) is 0 Å². The molecule has 1 amide bonds. The second kappa shape index (κ2) is 20.2. The van der Waals surface area contributed by atoms with Crippen LogP contribution in [0.25, 0.3) is 11.1 Å². The minimum Gasteiger partial charge on any atom is -0.353 e. The van der Waals surface area contributed by atoms with E-state index in [1.807, 2.05) is 6.07 Å². The van der Waals surface area contributed by atoms with Crippen molar-refractivity contribution in [2.75, 3.05) is 6.16 Å². The number of benzene rings is 2. The molecule has 1 unspecified atom stereocenters. The second-order valence-corrected chi connectivity index (χ2v) is 10.6. The van der Waals surface area contributed by atoms with Gasteiger partial charge in [-0.05, 0) is 61.4 Å². The molecular formula is C33H50NOP. The number of rotatable bonds is 20. The molecule has 0 spiro atoms. The van der Waals surface area contributed by atoms with Gasteiger partial charge in [0.1, 0.15) is 0 Å². The van der Waals surface area contributed by atoms with Crippen LogP contribution in [-0.4, -0.2) is 18.1 Å². The molecule has 0 aromatic heterocycles. The summed E-state index contributed by atoms with van der Waals surface area (Å²) in [5.74, 6) is 0.195. The van der Waals surface area contributed by atoms with Crippen LogP contribution in [0.5, 0.6) is 0 Å². The van der Waals surface area contributed by atoms with Crippen LogP contribution in [0.15, 0.2) is 66.7 Å².